The summed E-state index contributed by atoms with van der Waals surface area (Å²) in [6.07, 6.45) is 0. The second-order valence-corrected chi connectivity index (χ2v) is 5.61. The maximum atomic E-state index is 12.2. The minimum atomic E-state index is -0.272. The molecule has 0 saturated heterocycles. The Morgan fingerprint density at radius 1 is 0.960 bits per heavy atom. The van der Waals surface area contributed by atoms with E-state index in [9.17, 15) is 4.79 Å². The van der Waals surface area contributed by atoms with Crippen LogP contribution in [-0.2, 0) is 6.54 Å². The van der Waals surface area contributed by atoms with Crippen LogP contribution in [0.15, 0.2) is 30.3 Å². The molecule has 2 amide bonds. The van der Waals surface area contributed by atoms with Crippen LogP contribution in [0.2, 0.25) is 0 Å². The number of hydrogen-bond donors (Lipinski definition) is 2. The Labute approximate surface area is 148 Å². The lowest BCUT2D eigenvalue weighted by atomic mass is 10.1. The number of hydrogen-bond acceptors (Lipinski definition) is 4. The van der Waals surface area contributed by atoms with E-state index in [1.165, 1.54) is 0 Å². The molecule has 0 spiro atoms. The molecule has 6 heteroatoms. The maximum Gasteiger partial charge on any atom is 0.319 e. The number of rotatable bonds is 6. The molecule has 0 radical (unpaired) electrons. The van der Waals surface area contributed by atoms with E-state index in [0.29, 0.717) is 23.8 Å². The highest BCUT2D eigenvalue weighted by Crippen LogP contribution is 2.38. The summed E-state index contributed by atoms with van der Waals surface area (Å²) >= 11 is 0. The van der Waals surface area contributed by atoms with Crippen LogP contribution < -0.4 is 24.8 Å². The predicted octanol–water partition coefficient (Wildman–Crippen LogP) is 3.65. The molecule has 0 bridgehead atoms. The first-order chi connectivity index (χ1) is 12.0. The Morgan fingerprint density at radius 2 is 1.52 bits per heavy atom. The zero-order valence-corrected chi connectivity index (χ0v) is 15.2. The molecule has 0 unspecified atom stereocenters. The number of para-hydroxylation sites is 1. The molecule has 2 aromatic rings. The molecule has 0 heterocycles. The largest absolute Gasteiger partial charge is 0.493 e. The number of carbonyl (C=O) groups is 1. The van der Waals surface area contributed by atoms with Gasteiger partial charge in [-0.3, -0.25) is 0 Å². The fraction of sp³-hybridized carbons (Fsp3) is 0.316. The molecular formula is C19H24N2O4. The van der Waals surface area contributed by atoms with Crippen molar-refractivity contribution in [2.75, 3.05) is 26.6 Å². The molecule has 2 N–H and O–H groups in total. The summed E-state index contributed by atoms with van der Waals surface area (Å²) < 4.78 is 15.9. The van der Waals surface area contributed by atoms with E-state index in [1.807, 2.05) is 32.0 Å². The van der Waals surface area contributed by atoms with Crippen molar-refractivity contribution in [2.24, 2.45) is 0 Å². The molecule has 25 heavy (non-hydrogen) atoms. The number of carbonyl (C=O) groups excluding carboxylic acids is 1. The number of benzene rings is 2. The van der Waals surface area contributed by atoms with Gasteiger partial charge in [-0.2, -0.15) is 0 Å². The topological polar surface area (TPSA) is 68.8 Å². The van der Waals surface area contributed by atoms with Crippen LogP contribution in [0, 0.1) is 13.8 Å². The van der Waals surface area contributed by atoms with Crippen molar-refractivity contribution < 1.29 is 19.0 Å². The molecule has 0 saturated carbocycles. The van der Waals surface area contributed by atoms with Crippen molar-refractivity contribution in [3.63, 3.8) is 0 Å². The summed E-state index contributed by atoms with van der Waals surface area (Å²) in [5.74, 6) is 1.62. The zero-order chi connectivity index (χ0) is 18.4. The van der Waals surface area contributed by atoms with Gasteiger partial charge in [-0.25, -0.2) is 4.79 Å². The van der Waals surface area contributed by atoms with Gasteiger partial charge in [0.1, 0.15) is 0 Å². The Hall–Kier alpha value is -2.89. The van der Waals surface area contributed by atoms with Crippen LogP contribution >= 0.6 is 0 Å². The Bertz CT molecular complexity index is 714. The van der Waals surface area contributed by atoms with Crippen molar-refractivity contribution in [2.45, 2.75) is 20.4 Å². The van der Waals surface area contributed by atoms with Gasteiger partial charge in [0.25, 0.3) is 0 Å². The SMILES string of the molecule is COc1cc(CNC(=O)Nc2c(C)cccc2C)cc(OC)c1OC. The third-order valence-electron chi connectivity index (χ3n) is 3.90. The number of anilines is 1. The highest BCUT2D eigenvalue weighted by Gasteiger charge is 2.14. The molecule has 0 fully saturated rings. The van der Waals surface area contributed by atoms with E-state index in [1.54, 1.807) is 33.5 Å². The molecule has 0 atom stereocenters. The first-order valence-electron chi connectivity index (χ1n) is 7.90. The lowest BCUT2D eigenvalue weighted by Gasteiger charge is -2.15. The van der Waals surface area contributed by atoms with Gasteiger partial charge >= 0.3 is 6.03 Å². The number of ether oxygens (including phenoxy) is 3. The van der Waals surface area contributed by atoms with E-state index in [-0.39, 0.29) is 6.03 Å². The Balaban J connectivity index is 2.09. The first-order valence-corrected chi connectivity index (χ1v) is 7.90. The predicted molar refractivity (Wildman–Crippen MR) is 97.9 cm³/mol. The fourth-order valence-electron chi connectivity index (χ4n) is 2.59. The molecule has 2 rings (SSSR count). The van der Waals surface area contributed by atoms with Crippen LogP contribution in [0.3, 0.4) is 0 Å². The van der Waals surface area contributed by atoms with Gasteiger partial charge in [0.15, 0.2) is 11.5 Å². The van der Waals surface area contributed by atoms with Crippen molar-refractivity contribution in [3.05, 3.63) is 47.0 Å². The highest BCUT2D eigenvalue weighted by molar-refractivity contribution is 5.90. The van der Waals surface area contributed by atoms with Crippen molar-refractivity contribution in [1.29, 1.82) is 0 Å². The molecule has 0 aliphatic heterocycles. The second-order valence-electron chi connectivity index (χ2n) is 5.61. The van der Waals surface area contributed by atoms with Crippen LogP contribution in [0.4, 0.5) is 10.5 Å². The van der Waals surface area contributed by atoms with Crippen LogP contribution in [-0.4, -0.2) is 27.4 Å². The quantitative estimate of drug-likeness (QED) is 0.839. The van der Waals surface area contributed by atoms with Gasteiger partial charge in [-0.15, -0.1) is 0 Å². The monoisotopic (exact) mass is 344 g/mol. The van der Waals surface area contributed by atoms with Crippen LogP contribution in [0.1, 0.15) is 16.7 Å². The average Bonchev–Trinajstić information content (AvgIpc) is 2.62. The third-order valence-corrected chi connectivity index (χ3v) is 3.90. The number of methoxy groups -OCH3 is 3. The lowest BCUT2D eigenvalue weighted by Crippen LogP contribution is -2.28. The lowest BCUT2D eigenvalue weighted by molar-refractivity contribution is 0.251. The summed E-state index contributed by atoms with van der Waals surface area (Å²) in [6.45, 7) is 4.25. The first kappa shape index (κ1) is 18.4. The normalized spacial score (nSPS) is 10.1. The molecule has 6 nitrogen and oxygen atoms in total. The second kappa shape index (κ2) is 8.28. The van der Waals surface area contributed by atoms with Crippen LogP contribution in [0.25, 0.3) is 0 Å². The molecular weight excluding hydrogens is 320 g/mol. The van der Waals surface area contributed by atoms with Crippen LogP contribution in [0.5, 0.6) is 17.2 Å². The molecule has 0 aliphatic carbocycles. The Morgan fingerprint density at radius 3 is 2.00 bits per heavy atom. The van der Waals surface area contributed by atoms with E-state index in [0.717, 1.165) is 22.4 Å². The number of amides is 2. The Kier molecular flexibility index (Phi) is 6.11. The summed E-state index contributed by atoms with van der Waals surface area (Å²) in [4.78, 5) is 12.2. The van der Waals surface area contributed by atoms with E-state index in [4.69, 9.17) is 14.2 Å². The maximum absolute atomic E-state index is 12.2. The summed E-state index contributed by atoms with van der Waals surface area (Å²) in [6, 6.07) is 9.22. The molecule has 0 aromatic heterocycles. The number of urea groups is 1. The van der Waals surface area contributed by atoms with Gasteiger partial charge < -0.3 is 24.8 Å². The van der Waals surface area contributed by atoms with Gasteiger partial charge in [-0.1, -0.05) is 18.2 Å². The van der Waals surface area contributed by atoms with E-state index >= 15 is 0 Å². The van der Waals surface area contributed by atoms with Gasteiger partial charge in [0.2, 0.25) is 5.75 Å². The van der Waals surface area contributed by atoms with E-state index in [2.05, 4.69) is 10.6 Å². The highest BCUT2D eigenvalue weighted by atomic mass is 16.5. The van der Waals surface area contributed by atoms with E-state index < -0.39 is 0 Å². The van der Waals surface area contributed by atoms with Crippen molar-refractivity contribution >= 4 is 11.7 Å². The molecule has 134 valence electrons. The number of nitrogens with one attached hydrogen (secondary N) is 2. The van der Waals surface area contributed by atoms with Gasteiger partial charge in [0.05, 0.1) is 21.3 Å². The van der Waals surface area contributed by atoms with Gasteiger partial charge in [-0.05, 0) is 42.7 Å². The minimum Gasteiger partial charge on any atom is -0.493 e. The smallest absolute Gasteiger partial charge is 0.319 e. The standard InChI is InChI=1S/C19H24N2O4/c1-12-7-6-8-13(2)17(12)21-19(22)20-11-14-9-15(23-3)18(25-5)16(10-14)24-4/h6-10H,11H2,1-5H3,(H2,20,21,22). The number of aryl methyl sites for hydroxylation is 2. The summed E-state index contributed by atoms with van der Waals surface area (Å²) in [7, 11) is 4.67. The zero-order valence-electron chi connectivity index (χ0n) is 15.2. The molecule has 2 aromatic carbocycles. The summed E-state index contributed by atoms with van der Waals surface area (Å²) in [5.41, 5.74) is 3.70. The van der Waals surface area contributed by atoms with Gasteiger partial charge in [0, 0.05) is 12.2 Å². The summed E-state index contributed by atoms with van der Waals surface area (Å²) in [5, 5.41) is 5.73. The minimum absolute atomic E-state index is 0.272. The molecule has 0 aliphatic rings. The third kappa shape index (κ3) is 4.35. The van der Waals surface area contributed by atoms with Crippen molar-refractivity contribution in [1.82, 2.24) is 5.32 Å². The average molecular weight is 344 g/mol. The fourth-order valence-corrected chi connectivity index (χ4v) is 2.59. The van der Waals surface area contributed by atoms with Crippen molar-refractivity contribution in [3.8, 4) is 17.2 Å².